The van der Waals surface area contributed by atoms with E-state index in [1.54, 1.807) is 6.33 Å². The van der Waals surface area contributed by atoms with Gasteiger partial charge in [0.05, 0.1) is 0 Å². The number of aryl methyl sites for hydroxylation is 2. The minimum absolute atomic E-state index is 0.423. The van der Waals surface area contributed by atoms with Gasteiger partial charge in [-0.1, -0.05) is 36.4 Å². The third kappa shape index (κ3) is 4.67. The highest BCUT2D eigenvalue weighted by Crippen LogP contribution is 2.34. The first-order chi connectivity index (χ1) is 14.1. The third-order valence-electron chi connectivity index (χ3n) is 5.52. The molecule has 0 unspecified atom stereocenters. The van der Waals surface area contributed by atoms with E-state index in [1.165, 1.54) is 5.56 Å². The van der Waals surface area contributed by atoms with Crippen molar-refractivity contribution in [1.29, 1.82) is 0 Å². The Balaban J connectivity index is 1.44. The maximum atomic E-state index is 6.40. The largest absolute Gasteiger partial charge is 0.437 e. The Hall–Kier alpha value is -3.08. The molecule has 1 fully saturated rings. The summed E-state index contributed by atoms with van der Waals surface area (Å²) in [6.45, 7) is 5.99. The van der Waals surface area contributed by atoms with Crippen LogP contribution in [0.2, 0.25) is 0 Å². The highest BCUT2D eigenvalue weighted by Gasteiger charge is 2.23. The van der Waals surface area contributed by atoms with Crippen LogP contribution < -0.4 is 15.4 Å². The molecule has 4 rings (SSSR count). The van der Waals surface area contributed by atoms with E-state index in [0.29, 0.717) is 17.5 Å². The molecule has 0 atom stereocenters. The number of nitrogens with two attached hydrogens (primary N) is 1. The molecule has 1 aromatic heterocycles. The lowest BCUT2D eigenvalue weighted by Crippen LogP contribution is -2.35. The van der Waals surface area contributed by atoms with Gasteiger partial charge in [-0.3, -0.25) is 0 Å². The molecule has 1 aliphatic heterocycles. The van der Waals surface area contributed by atoms with Crippen LogP contribution in [0, 0.1) is 19.8 Å². The number of nitrogens with zero attached hydrogens (tertiary/aromatic N) is 3. The predicted octanol–water partition coefficient (Wildman–Crippen LogP) is 4.93. The summed E-state index contributed by atoms with van der Waals surface area (Å²) in [6, 6.07) is 16.8. The number of piperidine rings is 1. The van der Waals surface area contributed by atoms with Crippen LogP contribution in [0.1, 0.15) is 29.5 Å². The number of benzene rings is 2. The summed E-state index contributed by atoms with van der Waals surface area (Å²) in [5, 5.41) is 0. The van der Waals surface area contributed by atoms with Crippen LogP contribution in [-0.2, 0) is 6.42 Å². The Morgan fingerprint density at radius 2 is 1.69 bits per heavy atom. The summed E-state index contributed by atoms with van der Waals surface area (Å²) in [5.74, 6) is 2.65. The predicted molar refractivity (Wildman–Crippen MR) is 118 cm³/mol. The van der Waals surface area contributed by atoms with Crippen molar-refractivity contribution in [3.63, 3.8) is 0 Å². The molecule has 0 saturated carbocycles. The summed E-state index contributed by atoms with van der Waals surface area (Å²) in [6.07, 6.45) is 4.94. The topological polar surface area (TPSA) is 64.3 Å². The van der Waals surface area contributed by atoms with E-state index >= 15 is 0 Å². The van der Waals surface area contributed by atoms with E-state index < -0.39 is 0 Å². The molecule has 5 heteroatoms. The van der Waals surface area contributed by atoms with Gasteiger partial charge in [0.2, 0.25) is 5.88 Å². The number of nitrogen functional groups attached to an aromatic ring is 1. The summed E-state index contributed by atoms with van der Waals surface area (Å²) in [5.41, 5.74) is 10.6. The second-order valence-electron chi connectivity index (χ2n) is 7.96. The van der Waals surface area contributed by atoms with Crippen LogP contribution in [0.5, 0.6) is 11.6 Å². The van der Waals surface area contributed by atoms with Crippen LogP contribution in [0.3, 0.4) is 0 Å². The fourth-order valence-electron chi connectivity index (χ4n) is 4.10. The number of hydrogen-bond donors (Lipinski definition) is 1. The van der Waals surface area contributed by atoms with Crippen LogP contribution in [0.15, 0.2) is 54.9 Å². The van der Waals surface area contributed by atoms with E-state index in [4.69, 9.17) is 10.5 Å². The SMILES string of the molecule is Cc1cc(C)cc(Oc2ncnc(N3CCC(Cc4ccccc4)CC3)c2N)c1. The number of aromatic nitrogens is 2. The molecule has 0 spiro atoms. The average Bonchev–Trinajstić information content (AvgIpc) is 2.70. The molecule has 2 heterocycles. The molecule has 29 heavy (non-hydrogen) atoms. The van der Waals surface area contributed by atoms with Crippen LogP contribution in [0.4, 0.5) is 11.5 Å². The molecule has 5 nitrogen and oxygen atoms in total. The minimum Gasteiger partial charge on any atom is -0.437 e. The molecule has 1 aliphatic rings. The monoisotopic (exact) mass is 388 g/mol. The van der Waals surface area contributed by atoms with Crippen molar-refractivity contribution in [3.8, 4) is 11.6 Å². The van der Waals surface area contributed by atoms with Crippen LogP contribution in [0.25, 0.3) is 0 Å². The number of hydrogen-bond acceptors (Lipinski definition) is 5. The van der Waals surface area contributed by atoms with Gasteiger partial charge in [0.15, 0.2) is 5.82 Å². The van der Waals surface area contributed by atoms with Crippen LogP contribution in [-0.4, -0.2) is 23.1 Å². The fraction of sp³-hybridized carbons (Fsp3) is 0.333. The van der Waals surface area contributed by atoms with Crippen molar-refractivity contribution >= 4 is 11.5 Å². The minimum atomic E-state index is 0.423. The smallest absolute Gasteiger partial charge is 0.248 e. The van der Waals surface area contributed by atoms with Gasteiger partial charge in [-0.15, -0.1) is 0 Å². The molecule has 2 aromatic carbocycles. The lowest BCUT2D eigenvalue weighted by atomic mass is 9.90. The van der Waals surface area contributed by atoms with Gasteiger partial charge in [-0.2, -0.15) is 4.98 Å². The Labute approximate surface area is 172 Å². The highest BCUT2D eigenvalue weighted by atomic mass is 16.5. The molecule has 3 aromatic rings. The van der Waals surface area contributed by atoms with Gasteiger partial charge in [-0.05, 0) is 67.9 Å². The highest BCUT2D eigenvalue weighted by molar-refractivity contribution is 5.68. The normalized spacial score (nSPS) is 14.8. The van der Waals surface area contributed by atoms with E-state index in [2.05, 4.69) is 51.3 Å². The Kier molecular flexibility index (Phi) is 5.65. The average molecular weight is 389 g/mol. The van der Waals surface area contributed by atoms with Crippen molar-refractivity contribution in [2.45, 2.75) is 33.1 Å². The zero-order valence-corrected chi connectivity index (χ0v) is 17.1. The van der Waals surface area contributed by atoms with Gasteiger partial charge in [0.1, 0.15) is 17.8 Å². The molecular weight excluding hydrogens is 360 g/mol. The number of ether oxygens (including phenoxy) is 1. The van der Waals surface area contributed by atoms with E-state index in [1.807, 2.05) is 26.0 Å². The standard InChI is InChI=1S/C24H28N4O/c1-17-12-18(2)14-21(13-17)29-24-22(25)23(26-16-27-24)28-10-8-20(9-11-28)15-19-6-4-3-5-7-19/h3-7,12-14,16,20H,8-11,15,25H2,1-2H3. The molecule has 0 aliphatic carbocycles. The molecule has 0 bridgehead atoms. The van der Waals surface area contributed by atoms with Crippen molar-refractivity contribution < 1.29 is 4.74 Å². The first kappa shape index (κ1) is 19.2. The molecule has 2 N–H and O–H groups in total. The molecule has 0 amide bonds. The Morgan fingerprint density at radius 1 is 1.00 bits per heavy atom. The van der Waals surface area contributed by atoms with Crippen LogP contribution >= 0.6 is 0 Å². The van der Waals surface area contributed by atoms with Crippen molar-refractivity contribution in [3.05, 3.63) is 71.5 Å². The maximum Gasteiger partial charge on any atom is 0.248 e. The molecule has 0 radical (unpaired) electrons. The van der Waals surface area contributed by atoms with Gasteiger partial charge in [0.25, 0.3) is 0 Å². The fourth-order valence-corrected chi connectivity index (χ4v) is 4.10. The summed E-state index contributed by atoms with van der Waals surface area (Å²) in [7, 11) is 0. The van der Waals surface area contributed by atoms with E-state index in [-0.39, 0.29) is 0 Å². The zero-order valence-electron chi connectivity index (χ0n) is 17.1. The lowest BCUT2D eigenvalue weighted by molar-refractivity contribution is 0.401. The Morgan fingerprint density at radius 3 is 2.38 bits per heavy atom. The maximum absolute atomic E-state index is 6.40. The van der Waals surface area contributed by atoms with E-state index in [0.717, 1.165) is 55.0 Å². The van der Waals surface area contributed by atoms with Crippen molar-refractivity contribution in [2.24, 2.45) is 5.92 Å². The number of rotatable bonds is 5. The van der Waals surface area contributed by atoms with Gasteiger partial charge in [-0.25, -0.2) is 4.98 Å². The van der Waals surface area contributed by atoms with Crippen molar-refractivity contribution in [1.82, 2.24) is 9.97 Å². The quantitative estimate of drug-likeness (QED) is 0.671. The van der Waals surface area contributed by atoms with Gasteiger partial charge >= 0.3 is 0 Å². The van der Waals surface area contributed by atoms with E-state index in [9.17, 15) is 0 Å². The third-order valence-corrected chi connectivity index (χ3v) is 5.52. The first-order valence-electron chi connectivity index (χ1n) is 10.2. The van der Waals surface area contributed by atoms with Gasteiger partial charge < -0.3 is 15.4 Å². The second-order valence-corrected chi connectivity index (χ2v) is 7.96. The van der Waals surface area contributed by atoms with Crippen molar-refractivity contribution in [2.75, 3.05) is 23.7 Å². The summed E-state index contributed by atoms with van der Waals surface area (Å²) < 4.78 is 6.00. The summed E-state index contributed by atoms with van der Waals surface area (Å²) in [4.78, 5) is 11.0. The summed E-state index contributed by atoms with van der Waals surface area (Å²) >= 11 is 0. The first-order valence-corrected chi connectivity index (χ1v) is 10.2. The Bertz CT molecular complexity index is 946. The number of anilines is 2. The molecular formula is C24H28N4O. The lowest BCUT2D eigenvalue weighted by Gasteiger charge is -2.33. The van der Waals surface area contributed by atoms with Gasteiger partial charge in [0, 0.05) is 13.1 Å². The second kappa shape index (κ2) is 8.52. The zero-order chi connectivity index (χ0) is 20.2. The molecule has 150 valence electrons. The molecule has 1 saturated heterocycles.